The first-order chi connectivity index (χ1) is 19.1. The van der Waals surface area contributed by atoms with Crippen molar-refractivity contribution in [1.82, 2.24) is 0 Å². The first kappa shape index (κ1) is 28.0. The molecule has 4 rings (SSSR count). The number of hydrogen-bond donors (Lipinski definition) is 0. The maximum absolute atomic E-state index is 13.4. The van der Waals surface area contributed by atoms with Gasteiger partial charge < -0.3 is 9.47 Å². The van der Waals surface area contributed by atoms with E-state index in [1.54, 1.807) is 19.1 Å². The molecule has 0 aliphatic heterocycles. The molecule has 0 amide bonds. The van der Waals surface area contributed by atoms with Crippen molar-refractivity contribution in [3.8, 4) is 0 Å². The minimum atomic E-state index is -2.47. The highest BCUT2D eigenvalue weighted by molar-refractivity contribution is 7.98. The minimum Gasteiger partial charge on any atom is -0.494 e. The zero-order valence-electron chi connectivity index (χ0n) is 22.4. The molecule has 5 heteroatoms. The number of carbonyl (C=O) groups is 2. The van der Waals surface area contributed by atoms with Gasteiger partial charge in [0, 0.05) is 12.0 Å². The number of rotatable bonds is 12. The summed E-state index contributed by atoms with van der Waals surface area (Å²) in [4.78, 5) is 26.8. The van der Waals surface area contributed by atoms with Gasteiger partial charge in [-0.1, -0.05) is 84.9 Å². The number of carbonyl (C=O) groups excluding carboxylic acids is 2. The Morgan fingerprint density at radius 1 is 0.641 bits per heavy atom. The van der Waals surface area contributed by atoms with Gasteiger partial charge in [0.05, 0.1) is 13.2 Å². The van der Waals surface area contributed by atoms with Crippen molar-refractivity contribution in [2.24, 2.45) is 5.92 Å². The lowest BCUT2D eigenvalue weighted by molar-refractivity contribution is -0.147. The first-order valence-corrected chi connectivity index (χ1v) is 15.1. The van der Waals surface area contributed by atoms with E-state index in [2.05, 4.69) is 42.2 Å². The first-order valence-electron chi connectivity index (χ1n) is 13.3. The molecule has 0 fully saturated rings. The molecule has 0 spiro atoms. The van der Waals surface area contributed by atoms with Gasteiger partial charge in [-0.25, -0.2) is 0 Å². The van der Waals surface area contributed by atoms with Gasteiger partial charge in [-0.05, 0) is 50.2 Å². The lowest BCUT2D eigenvalue weighted by Crippen LogP contribution is -2.31. The Hall–Kier alpha value is -4.01. The molecule has 0 saturated carbocycles. The Kier molecular flexibility index (Phi) is 9.83. The SMILES string of the molecule is CCOC(=O)C(CC(=O)c1ccccc1)/C(=C/[P+](c1ccccc1)(c1ccccc1)c1ccccc1)OCC. The Bertz CT molecular complexity index is 1270. The van der Waals surface area contributed by atoms with Gasteiger partial charge in [0.25, 0.3) is 0 Å². The van der Waals surface area contributed by atoms with Crippen LogP contribution in [0.2, 0.25) is 0 Å². The fourth-order valence-electron chi connectivity index (χ4n) is 4.72. The second-order valence-corrected chi connectivity index (χ2v) is 12.2. The second-order valence-electron chi connectivity index (χ2n) is 8.99. The van der Waals surface area contributed by atoms with Gasteiger partial charge in [-0.3, -0.25) is 9.59 Å². The molecule has 0 aromatic heterocycles. The Labute approximate surface area is 231 Å². The summed E-state index contributed by atoms with van der Waals surface area (Å²) in [6.45, 7) is 4.22. The molecule has 1 unspecified atom stereocenters. The zero-order valence-corrected chi connectivity index (χ0v) is 23.3. The van der Waals surface area contributed by atoms with E-state index in [1.807, 2.05) is 79.7 Å². The van der Waals surface area contributed by atoms with Crippen LogP contribution in [0.4, 0.5) is 0 Å². The van der Waals surface area contributed by atoms with Crippen molar-refractivity contribution in [3.05, 3.63) is 138 Å². The summed E-state index contributed by atoms with van der Waals surface area (Å²) in [5.41, 5.74) is 0.554. The molecule has 4 nitrogen and oxygen atoms in total. The van der Waals surface area contributed by atoms with E-state index in [-0.39, 0.29) is 18.8 Å². The average molecular weight is 538 g/mol. The Balaban J connectivity index is 1.97. The molecule has 0 aliphatic rings. The van der Waals surface area contributed by atoms with E-state index in [4.69, 9.17) is 9.47 Å². The summed E-state index contributed by atoms with van der Waals surface area (Å²) in [6.07, 6.45) is -0.0486. The van der Waals surface area contributed by atoms with Crippen LogP contribution in [0, 0.1) is 5.92 Å². The number of esters is 1. The third kappa shape index (κ3) is 6.53. The van der Waals surface area contributed by atoms with E-state index in [0.717, 1.165) is 15.9 Å². The van der Waals surface area contributed by atoms with Crippen LogP contribution in [-0.4, -0.2) is 25.0 Å². The average Bonchev–Trinajstić information content (AvgIpc) is 3.00. The molecule has 4 aromatic rings. The van der Waals surface area contributed by atoms with Gasteiger partial charge in [0.15, 0.2) is 5.78 Å². The van der Waals surface area contributed by atoms with Crippen LogP contribution in [-0.2, 0) is 14.3 Å². The highest BCUT2D eigenvalue weighted by atomic mass is 31.2. The van der Waals surface area contributed by atoms with Crippen molar-refractivity contribution in [2.75, 3.05) is 13.2 Å². The van der Waals surface area contributed by atoms with Crippen molar-refractivity contribution in [2.45, 2.75) is 20.3 Å². The third-order valence-corrected chi connectivity index (χ3v) is 10.5. The van der Waals surface area contributed by atoms with Gasteiger partial charge >= 0.3 is 5.97 Å². The monoisotopic (exact) mass is 537 g/mol. The number of ketones is 1. The summed E-state index contributed by atoms with van der Waals surface area (Å²) in [6, 6.07) is 40.0. The fourth-order valence-corrected chi connectivity index (χ4v) is 8.62. The molecular weight excluding hydrogens is 503 g/mol. The summed E-state index contributed by atoms with van der Waals surface area (Å²) in [5.74, 6) is 1.10. The molecule has 0 aliphatic carbocycles. The van der Waals surface area contributed by atoms with E-state index in [1.165, 1.54) is 0 Å². The Morgan fingerprint density at radius 2 is 1.05 bits per heavy atom. The van der Waals surface area contributed by atoms with Crippen LogP contribution in [0.15, 0.2) is 133 Å². The van der Waals surface area contributed by atoms with E-state index in [9.17, 15) is 9.59 Å². The highest BCUT2D eigenvalue weighted by Crippen LogP contribution is 2.58. The summed E-state index contributed by atoms with van der Waals surface area (Å²) < 4.78 is 11.8. The molecule has 0 N–H and O–H groups in total. The van der Waals surface area contributed by atoms with Crippen LogP contribution in [0.3, 0.4) is 0 Å². The fraction of sp³-hybridized carbons (Fsp3) is 0.176. The lowest BCUT2D eigenvalue weighted by Gasteiger charge is -2.27. The topological polar surface area (TPSA) is 52.6 Å². The highest BCUT2D eigenvalue weighted by Gasteiger charge is 2.46. The van der Waals surface area contributed by atoms with Crippen molar-refractivity contribution in [1.29, 1.82) is 0 Å². The summed E-state index contributed by atoms with van der Waals surface area (Å²) in [7, 11) is -2.47. The molecule has 0 heterocycles. The Morgan fingerprint density at radius 3 is 1.46 bits per heavy atom. The van der Waals surface area contributed by atoms with Gasteiger partial charge in [-0.2, -0.15) is 0 Å². The lowest BCUT2D eigenvalue weighted by atomic mass is 9.97. The smallest absolute Gasteiger partial charge is 0.317 e. The number of Topliss-reactive ketones (excluding diaryl/α,β-unsaturated/α-hetero) is 1. The quantitative estimate of drug-likeness (QED) is 0.0920. The van der Waals surface area contributed by atoms with Crippen molar-refractivity contribution < 1.29 is 19.1 Å². The number of hydrogen-bond acceptors (Lipinski definition) is 4. The van der Waals surface area contributed by atoms with Crippen LogP contribution < -0.4 is 15.9 Å². The second kappa shape index (κ2) is 13.7. The van der Waals surface area contributed by atoms with Crippen LogP contribution in [0.1, 0.15) is 30.6 Å². The van der Waals surface area contributed by atoms with Crippen LogP contribution >= 0.6 is 7.26 Å². The minimum absolute atomic E-state index is 0.0486. The molecule has 0 saturated heterocycles. The standard InChI is InChI=1S/C34H34O4P/c1-3-37-33(31(34(36)38-4-2)25-32(35)27-17-9-5-10-18-27)26-39(28-19-11-6-12-20-28,29-21-13-7-14-22-29)30-23-15-8-16-24-30/h5-24,26,31H,3-4,25H2,1-2H3/q+1/b33-26-. The normalized spacial score (nSPS) is 12.4. The third-order valence-electron chi connectivity index (χ3n) is 6.52. The zero-order chi connectivity index (χ0) is 27.5. The maximum Gasteiger partial charge on any atom is 0.317 e. The number of ether oxygens (including phenoxy) is 2. The molecule has 1 atom stereocenters. The van der Waals surface area contributed by atoms with E-state index >= 15 is 0 Å². The summed E-state index contributed by atoms with van der Waals surface area (Å²) in [5, 5.41) is 3.37. The van der Waals surface area contributed by atoms with Crippen LogP contribution in [0.25, 0.3) is 0 Å². The molecule has 198 valence electrons. The molecule has 0 radical (unpaired) electrons. The molecule has 4 aromatic carbocycles. The largest absolute Gasteiger partial charge is 0.494 e. The predicted octanol–water partition coefficient (Wildman–Crippen LogP) is 6.31. The predicted molar refractivity (Wildman–Crippen MR) is 160 cm³/mol. The molecule has 0 bridgehead atoms. The van der Waals surface area contributed by atoms with Crippen molar-refractivity contribution >= 4 is 34.9 Å². The molecular formula is C34H34O4P+. The van der Waals surface area contributed by atoms with Crippen LogP contribution in [0.5, 0.6) is 0 Å². The van der Waals surface area contributed by atoms with Gasteiger partial charge in [-0.15, -0.1) is 0 Å². The molecule has 39 heavy (non-hydrogen) atoms. The summed E-state index contributed by atoms with van der Waals surface area (Å²) >= 11 is 0. The maximum atomic E-state index is 13.4. The number of benzene rings is 4. The van der Waals surface area contributed by atoms with E-state index in [0.29, 0.717) is 17.9 Å². The van der Waals surface area contributed by atoms with Gasteiger partial charge in [0.2, 0.25) is 0 Å². The van der Waals surface area contributed by atoms with E-state index < -0.39 is 19.1 Å². The van der Waals surface area contributed by atoms with Gasteiger partial charge in [0.1, 0.15) is 40.7 Å². The van der Waals surface area contributed by atoms with Crippen molar-refractivity contribution in [3.63, 3.8) is 0 Å².